The van der Waals surface area contributed by atoms with Crippen molar-refractivity contribution in [2.24, 2.45) is 11.8 Å². The van der Waals surface area contributed by atoms with Crippen LogP contribution in [0.1, 0.15) is 58.3 Å². The molecule has 0 bridgehead atoms. The normalized spacial score (nSPS) is 26.4. The van der Waals surface area contributed by atoms with E-state index in [4.69, 9.17) is 0 Å². The van der Waals surface area contributed by atoms with Crippen LogP contribution < -0.4 is 5.32 Å². The first kappa shape index (κ1) is 10.5. The molecule has 1 nitrogen and oxygen atoms in total. The van der Waals surface area contributed by atoms with Crippen LogP contribution in [0.3, 0.4) is 0 Å². The van der Waals surface area contributed by atoms with Gasteiger partial charge in [0, 0.05) is 6.04 Å². The van der Waals surface area contributed by atoms with E-state index in [0.29, 0.717) is 0 Å². The minimum Gasteiger partial charge on any atom is -0.313 e. The molecule has 1 atom stereocenters. The van der Waals surface area contributed by atoms with Crippen LogP contribution >= 0.6 is 0 Å². The molecule has 2 aliphatic rings. The molecule has 2 aliphatic carbocycles. The van der Waals surface area contributed by atoms with Gasteiger partial charge in [-0.15, -0.1) is 0 Å². The minimum atomic E-state index is 0.830. The summed E-state index contributed by atoms with van der Waals surface area (Å²) in [5.74, 6) is 2.03. The Hall–Kier alpha value is -0.0400. The van der Waals surface area contributed by atoms with Gasteiger partial charge in [0.2, 0.25) is 0 Å². The summed E-state index contributed by atoms with van der Waals surface area (Å²) in [5, 5.41) is 3.80. The first-order chi connectivity index (χ1) is 6.90. The third-order valence-electron chi connectivity index (χ3n) is 4.02. The highest BCUT2D eigenvalue weighted by atomic mass is 14.9. The molecule has 0 saturated heterocycles. The van der Waals surface area contributed by atoms with Crippen LogP contribution in [-0.4, -0.2) is 12.6 Å². The molecule has 0 heterocycles. The third-order valence-corrected chi connectivity index (χ3v) is 4.02. The molecule has 0 aromatic heterocycles. The Morgan fingerprint density at radius 1 is 1.07 bits per heavy atom. The molecule has 2 fully saturated rings. The average Bonchev–Trinajstić information content (AvgIpc) is 3.04. The van der Waals surface area contributed by atoms with Gasteiger partial charge in [-0.3, -0.25) is 0 Å². The summed E-state index contributed by atoms with van der Waals surface area (Å²) in [6.07, 6.45) is 11.7. The predicted molar refractivity (Wildman–Crippen MR) is 61.4 cm³/mol. The fraction of sp³-hybridized carbons (Fsp3) is 1.00. The van der Waals surface area contributed by atoms with Crippen molar-refractivity contribution >= 4 is 0 Å². The molecular formula is C13H25N. The monoisotopic (exact) mass is 195 g/mol. The zero-order chi connectivity index (χ0) is 9.80. The summed E-state index contributed by atoms with van der Waals surface area (Å²) in [5.41, 5.74) is 0. The molecule has 0 spiro atoms. The SMILES string of the molecule is CCC(NCC1CC1)C1CCCCC1. The molecule has 0 aromatic rings. The molecule has 0 amide bonds. The number of hydrogen-bond acceptors (Lipinski definition) is 1. The van der Waals surface area contributed by atoms with Gasteiger partial charge in [-0.25, -0.2) is 0 Å². The van der Waals surface area contributed by atoms with E-state index in [1.807, 2.05) is 0 Å². The van der Waals surface area contributed by atoms with Gasteiger partial charge in [0.25, 0.3) is 0 Å². The minimum absolute atomic E-state index is 0.830. The van der Waals surface area contributed by atoms with Crippen LogP contribution in [0.5, 0.6) is 0 Å². The Morgan fingerprint density at radius 3 is 2.36 bits per heavy atom. The molecule has 1 heteroatoms. The summed E-state index contributed by atoms with van der Waals surface area (Å²) < 4.78 is 0. The van der Waals surface area contributed by atoms with E-state index in [1.165, 1.54) is 57.9 Å². The van der Waals surface area contributed by atoms with E-state index >= 15 is 0 Å². The van der Waals surface area contributed by atoms with Crippen LogP contribution in [0.4, 0.5) is 0 Å². The van der Waals surface area contributed by atoms with Crippen LogP contribution in [0.25, 0.3) is 0 Å². The van der Waals surface area contributed by atoms with Gasteiger partial charge in [0.15, 0.2) is 0 Å². The van der Waals surface area contributed by atoms with Gasteiger partial charge in [-0.05, 0) is 50.5 Å². The lowest BCUT2D eigenvalue weighted by atomic mass is 9.83. The maximum absolute atomic E-state index is 3.80. The Kier molecular flexibility index (Phi) is 3.86. The van der Waals surface area contributed by atoms with Crippen molar-refractivity contribution in [2.45, 2.75) is 64.3 Å². The lowest BCUT2D eigenvalue weighted by Gasteiger charge is -2.30. The molecule has 2 saturated carbocycles. The maximum Gasteiger partial charge on any atom is 0.00928 e. The molecule has 0 radical (unpaired) electrons. The van der Waals surface area contributed by atoms with E-state index < -0.39 is 0 Å². The fourth-order valence-electron chi connectivity index (χ4n) is 2.82. The summed E-state index contributed by atoms with van der Waals surface area (Å²) in [7, 11) is 0. The summed E-state index contributed by atoms with van der Waals surface area (Å²) in [4.78, 5) is 0. The van der Waals surface area contributed by atoms with Gasteiger partial charge >= 0.3 is 0 Å². The lowest BCUT2D eigenvalue weighted by molar-refractivity contribution is 0.261. The summed E-state index contributed by atoms with van der Waals surface area (Å²) >= 11 is 0. The Morgan fingerprint density at radius 2 is 1.79 bits per heavy atom. The van der Waals surface area contributed by atoms with Crippen LogP contribution in [0, 0.1) is 11.8 Å². The third kappa shape index (κ3) is 2.98. The van der Waals surface area contributed by atoms with Gasteiger partial charge < -0.3 is 5.32 Å². The molecule has 14 heavy (non-hydrogen) atoms. The first-order valence-electron chi connectivity index (χ1n) is 6.63. The molecule has 0 aromatic carbocycles. The van der Waals surface area contributed by atoms with Crippen molar-refractivity contribution in [2.75, 3.05) is 6.54 Å². The average molecular weight is 195 g/mol. The van der Waals surface area contributed by atoms with Crippen molar-refractivity contribution in [3.8, 4) is 0 Å². The van der Waals surface area contributed by atoms with E-state index in [9.17, 15) is 0 Å². The number of nitrogens with one attached hydrogen (secondary N) is 1. The quantitative estimate of drug-likeness (QED) is 0.709. The Labute approximate surface area is 88.7 Å². The number of rotatable bonds is 5. The van der Waals surface area contributed by atoms with Gasteiger partial charge in [-0.2, -0.15) is 0 Å². The highest BCUT2D eigenvalue weighted by molar-refractivity contribution is 4.82. The molecule has 82 valence electrons. The highest BCUT2D eigenvalue weighted by Gasteiger charge is 2.25. The molecule has 1 N–H and O–H groups in total. The highest BCUT2D eigenvalue weighted by Crippen LogP contribution is 2.30. The Balaban J connectivity index is 1.71. The van der Waals surface area contributed by atoms with E-state index in [0.717, 1.165) is 17.9 Å². The Bertz CT molecular complexity index is 157. The zero-order valence-electron chi connectivity index (χ0n) is 9.60. The van der Waals surface area contributed by atoms with Gasteiger partial charge in [0.05, 0.1) is 0 Å². The lowest BCUT2D eigenvalue weighted by Crippen LogP contribution is -2.37. The molecule has 0 aliphatic heterocycles. The fourth-order valence-corrected chi connectivity index (χ4v) is 2.82. The maximum atomic E-state index is 3.80. The van der Waals surface area contributed by atoms with Crippen molar-refractivity contribution in [3.63, 3.8) is 0 Å². The van der Waals surface area contributed by atoms with E-state index in [2.05, 4.69) is 12.2 Å². The second kappa shape index (κ2) is 5.16. The van der Waals surface area contributed by atoms with Crippen molar-refractivity contribution in [1.82, 2.24) is 5.32 Å². The van der Waals surface area contributed by atoms with Crippen LogP contribution in [0.2, 0.25) is 0 Å². The first-order valence-corrected chi connectivity index (χ1v) is 6.63. The smallest absolute Gasteiger partial charge is 0.00928 e. The molecule has 2 rings (SSSR count). The van der Waals surface area contributed by atoms with Crippen molar-refractivity contribution in [3.05, 3.63) is 0 Å². The van der Waals surface area contributed by atoms with Crippen molar-refractivity contribution in [1.29, 1.82) is 0 Å². The molecule has 1 unspecified atom stereocenters. The summed E-state index contributed by atoms with van der Waals surface area (Å²) in [6.45, 7) is 3.65. The summed E-state index contributed by atoms with van der Waals surface area (Å²) in [6, 6.07) is 0.830. The van der Waals surface area contributed by atoms with Crippen LogP contribution in [-0.2, 0) is 0 Å². The topological polar surface area (TPSA) is 12.0 Å². The van der Waals surface area contributed by atoms with Gasteiger partial charge in [0.1, 0.15) is 0 Å². The standard InChI is InChI=1S/C13H25N/c1-2-13(14-10-11-8-9-11)12-6-4-3-5-7-12/h11-14H,2-10H2,1H3. The molecular weight excluding hydrogens is 170 g/mol. The van der Waals surface area contributed by atoms with Crippen molar-refractivity contribution < 1.29 is 0 Å². The second-order valence-electron chi connectivity index (χ2n) is 5.26. The van der Waals surface area contributed by atoms with E-state index in [1.54, 1.807) is 0 Å². The second-order valence-corrected chi connectivity index (χ2v) is 5.26. The predicted octanol–water partition coefficient (Wildman–Crippen LogP) is 3.34. The largest absolute Gasteiger partial charge is 0.313 e. The zero-order valence-corrected chi connectivity index (χ0v) is 9.60. The number of hydrogen-bond donors (Lipinski definition) is 1. The van der Waals surface area contributed by atoms with E-state index in [-0.39, 0.29) is 0 Å². The van der Waals surface area contributed by atoms with Crippen LogP contribution in [0.15, 0.2) is 0 Å². The van der Waals surface area contributed by atoms with Gasteiger partial charge in [-0.1, -0.05) is 26.2 Å².